The summed E-state index contributed by atoms with van der Waals surface area (Å²) >= 11 is 13.4. The van der Waals surface area contributed by atoms with Crippen LogP contribution < -0.4 is 10.1 Å². The molecule has 0 spiro atoms. The molecule has 1 N–H and O–H groups in total. The molecule has 0 aliphatic rings. The van der Waals surface area contributed by atoms with E-state index in [4.69, 9.17) is 27.9 Å². The maximum absolute atomic E-state index is 5.98. The topological polar surface area (TPSA) is 21.3 Å². The molecule has 1 heterocycles. The molecular weight excluding hydrogens is 289 g/mol. The molecular formula is C13H13Cl2NOS. The first kappa shape index (κ1) is 13.7. The number of benzene rings is 1. The van der Waals surface area contributed by atoms with Crippen LogP contribution in [0.15, 0.2) is 36.4 Å². The molecule has 1 aromatic carbocycles. The lowest BCUT2D eigenvalue weighted by atomic mass is 10.3. The first-order valence-electron chi connectivity index (χ1n) is 5.58. The highest BCUT2D eigenvalue weighted by Crippen LogP contribution is 2.23. The van der Waals surface area contributed by atoms with Crippen molar-refractivity contribution in [3.8, 4) is 5.75 Å². The summed E-state index contributed by atoms with van der Waals surface area (Å²) in [6, 6.07) is 11.4. The van der Waals surface area contributed by atoms with Crippen LogP contribution in [0, 0.1) is 0 Å². The molecule has 0 amide bonds. The highest BCUT2D eigenvalue weighted by molar-refractivity contribution is 7.16. The summed E-state index contributed by atoms with van der Waals surface area (Å²) in [5.74, 6) is 0.722. The van der Waals surface area contributed by atoms with Crippen molar-refractivity contribution in [3.05, 3.63) is 50.6 Å². The maximum atomic E-state index is 5.98. The summed E-state index contributed by atoms with van der Waals surface area (Å²) < 4.78 is 6.38. The van der Waals surface area contributed by atoms with Crippen molar-refractivity contribution in [1.82, 2.24) is 5.32 Å². The van der Waals surface area contributed by atoms with Gasteiger partial charge in [-0.1, -0.05) is 35.3 Å². The number of hydrogen-bond donors (Lipinski definition) is 1. The highest BCUT2D eigenvalue weighted by atomic mass is 35.5. The van der Waals surface area contributed by atoms with Crippen LogP contribution in [-0.4, -0.2) is 13.2 Å². The Morgan fingerprint density at radius 2 is 1.94 bits per heavy atom. The van der Waals surface area contributed by atoms with Crippen LogP contribution in [0.5, 0.6) is 5.75 Å². The van der Waals surface area contributed by atoms with Gasteiger partial charge >= 0.3 is 0 Å². The van der Waals surface area contributed by atoms with E-state index in [0.29, 0.717) is 11.6 Å². The van der Waals surface area contributed by atoms with E-state index in [2.05, 4.69) is 5.32 Å². The number of ether oxygens (including phenoxy) is 1. The molecule has 0 unspecified atom stereocenters. The third-order valence-corrected chi connectivity index (χ3v) is 3.84. The Morgan fingerprint density at radius 1 is 1.11 bits per heavy atom. The Labute approximate surface area is 120 Å². The van der Waals surface area contributed by atoms with Crippen LogP contribution in [0.3, 0.4) is 0 Å². The molecule has 18 heavy (non-hydrogen) atoms. The zero-order valence-corrected chi connectivity index (χ0v) is 12.0. The van der Waals surface area contributed by atoms with E-state index in [1.807, 2.05) is 36.4 Å². The van der Waals surface area contributed by atoms with Crippen molar-refractivity contribution in [2.45, 2.75) is 6.54 Å². The Kier molecular flexibility index (Phi) is 5.32. The van der Waals surface area contributed by atoms with Gasteiger partial charge in [-0.25, -0.2) is 0 Å². The summed E-state index contributed by atoms with van der Waals surface area (Å²) in [5.41, 5.74) is 0. The van der Waals surface area contributed by atoms with Crippen molar-refractivity contribution in [1.29, 1.82) is 0 Å². The zero-order valence-electron chi connectivity index (χ0n) is 9.66. The zero-order chi connectivity index (χ0) is 12.8. The predicted octanol–water partition coefficient (Wildman–Crippen LogP) is 4.22. The van der Waals surface area contributed by atoms with Gasteiger partial charge in [0.2, 0.25) is 0 Å². The van der Waals surface area contributed by atoms with Gasteiger partial charge in [0.15, 0.2) is 0 Å². The van der Waals surface area contributed by atoms with Crippen LogP contribution in [0.1, 0.15) is 4.88 Å². The summed E-state index contributed by atoms with van der Waals surface area (Å²) in [5, 5.41) is 3.93. The number of thiophene rings is 1. The molecule has 0 saturated heterocycles. The van der Waals surface area contributed by atoms with E-state index in [0.717, 1.165) is 23.2 Å². The second kappa shape index (κ2) is 7.00. The molecule has 0 fully saturated rings. The Bertz CT molecular complexity index is 501. The molecule has 0 atom stereocenters. The van der Waals surface area contributed by atoms with E-state index in [1.54, 1.807) is 11.3 Å². The van der Waals surface area contributed by atoms with Crippen LogP contribution in [0.4, 0.5) is 0 Å². The minimum absolute atomic E-state index is 0.586. The minimum Gasteiger partial charge on any atom is -0.491 e. The van der Waals surface area contributed by atoms with E-state index in [-0.39, 0.29) is 0 Å². The quantitative estimate of drug-likeness (QED) is 0.807. The lowest BCUT2D eigenvalue weighted by Gasteiger charge is -2.08. The van der Waals surface area contributed by atoms with Gasteiger partial charge in [-0.05, 0) is 24.3 Å². The fourth-order valence-corrected chi connectivity index (χ4v) is 2.70. The van der Waals surface area contributed by atoms with E-state index in [1.165, 1.54) is 4.88 Å². The second-order valence-corrected chi connectivity index (χ2v) is 5.87. The average molecular weight is 302 g/mol. The average Bonchev–Trinajstić information content (AvgIpc) is 2.77. The van der Waals surface area contributed by atoms with Crippen molar-refractivity contribution in [2.75, 3.05) is 13.2 Å². The number of para-hydroxylation sites is 1. The SMILES string of the molecule is Clc1ccc(CNCCOc2ccccc2Cl)s1. The molecule has 0 radical (unpaired) electrons. The summed E-state index contributed by atoms with van der Waals surface area (Å²) in [6.07, 6.45) is 0. The van der Waals surface area contributed by atoms with Gasteiger partial charge in [0, 0.05) is 18.0 Å². The summed E-state index contributed by atoms with van der Waals surface area (Å²) in [7, 11) is 0. The normalized spacial score (nSPS) is 10.6. The van der Waals surface area contributed by atoms with Crippen LogP contribution in [0.25, 0.3) is 0 Å². The van der Waals surface area contributed by atoms with E-state index >= 15 is 0 Å². The molecule has 5 heteroatoms. The number of rotatable bonds is 6. The van der Waals surface area contributed by atoms with Gasteiger partial charge in [-0.15, -0.1) is 11.3 Å². The third kappa shape index (κ3) is 4.18. The minimum atomic E-state index is 0.586. The van der Waals surface area contributed by atoms with Gasteiger partial charge in [0.05, 0.1) is 9.36 Å². The molecule has 2 rings (SSSR count). The van der Waals surface area contributed by atoms with Crippen molar-refractivity contribution < 1.29 is 4.74 Å². The fraction of sp³-hybridized carbons (Fsp3) is 0.231. The lowest BCUT2D eigenvalue weighted by Crippen LogP contribution is -2.20. The Balaban J connectivity index is 1.66. The van der Waals surface area contributed by atoms with Crippen LogP contribution >= 0.6 is 34.5 Å². The smallest absolute Gasteiger partial charge is 0.137 e. The lowest BCUT2D eigenvalue weighted by molar-refractivity contribution is 0.314. The van der Waals surface area contributed by atoms with E-state index < -0.39 is 0 Å². The standard InChI is InChI=1S/C13H13Cl2NOS/c14-11-3-1-2-4-12(11)17-8-7-16-9-10-5-6-13(15)18-10/h1-6,16H,7-9H2. The Morgan fingerprint density at radius 3 is 2.67 bits per heavy atom. The van der Waals surface area contributed by atoms with Gasteiger partial charge in [0.1, 0.15) is 12.4 Å². The molecule has 1 aromatic heterocycles. The Hall–Kier alpha value is -0.740. The first-order chi connectivity index (χ1) is 8.75. The van der Waals surface area contributed by atoms with Gasteiger partial charge in [-0.2, -0.15) is 0 Å². The van der Waals surface area contributed by atoms with Crippen molar-refractivity contribution in [2.24, 2.45) is 0 Å². The van der Waals surface area contributed by atoms with Crippen molar-refractivity contribution in [3.63, 3.8) is 0 Å². The first-order valence-corrected chi connectivity index (χ1v) is 7.15. The molecule has 96 valence electrons. The highest BCUT2D eigenvalue weighted by Gasteiger charge is 2.00. The van der Waals surface area contributed by atoms with Crippen LogP contribution in [0.2, 0.25) is 9.36 Å². The summed E-state index contributed by atoms with van der Waals surface area (Å²) in [6.45, 7) is 2.16. The second-order valence-electron chi connectivity index (χ2n) is 3.66. The number of nitrogens with one attached hydrogen (secondary N) is 1. The molecule has 0 aliphatic heterocycles. The maximum Gasteiger partial charge on any atom is 0.137 e. The van der Waals surface area contributed by atoms with Gasteiger partial charge in [0.25, 0.3) is 0 Å². The van der Waals surface area contributed by atoms with E-state index in [9.17, 15) is 0 Å². The summed E-state index contributed by atoms with van der Waals surface area (Å²) in [4.78, 5) is 1.22. The monoisotopic (exact) mass is 301 g/mol. The fourth-order valence-electron chi connectivity index (χ4n) is 1.45. The van der Waals surface area contributed by atoms with Gasteiger partial charge in [-0.3, -0.25) is 0 Å². The van der Waals surface area contributed by atoms with Crippen LogP contribution in [-0.2, 0) is 6.54 Å². The predicted molar refractivity (Wildman–Crippen MR) is 78.0 cm³/mol. The molecule has 2 nitrogen and oxygen atoms in total. The number of halogens is 2. The number of hydrogen-bond acceptors (Lipinski definition) is 3. The molecule has 0 aliphatic carbocycles. The molecule has 0 bridgehead atoms. The molecule has 0 saturated carbocycles. The van der Waals surface area contributed by atoms with Gasteiger partial charge < -0.3 is 10.1 Å². The largest absolute Gasteiger partial charge is 0.491 e. The molecule has 2 aromatic rings. The third-order valence-electron chi connectivity index (χ3n) is 2.30. The van der Waals surface area contributed by atoms with Crippen molar-refractivity contribution >= 4 is 34.5 Å².